The third-order valence-electron chi connectivity index (χ3n) is 3.65. The van der Waals surface area contributed by atoms with Gasteiger partial charge in [0.25, 0.3) is 0 Å². The molecular formula is C13H13N3O3S. The second-order valence-electron chi connectivity index (χ2n) is 4.78. The number of carbonyl (C=O) groups is 1. The highest BCUT2D eigenvalue weighted by Gasteiger charge is 2.30. The van der Waals surface area contributed by atoms with Gasteiger partial charge >= 0.3 is 5.69 Å². The number of nitro benzene ring substituents is 1. The van der Waals surface area contributed by atoms with E-state index in [4.69, 9.17) is 0 Å². The van der Waals surface area contributed by atoms with Gasteiger partial charge in [0.1, 0.15) is 12.0 Å². The normalized spacial score (nSPS) is 19.2. The first-order chi connectivity index (χ1) is 9.72. The summed E-state index contributed by atoms with van der Waals surface area (Å²) in [6.07, 6.45) is 3.55. The standard InChI is InChI=1S/C13H13N3O3S/c17-7-9-3-1-2-6-15(9)10-4-5-11-12(14-8-20-11)13(10)16(18)19/h4-5,7-9H,1-3,6H2. The lowest BCUT2D eigenvalue weighted by Crippen LogP contribution is -2.40. The molecule has 7 heteroatoms. The number of hydrogen-bond donors (Lipinski definition) is 0. The molecule has 6 nitrogen and oxygen atoms in total. The molecule has 0 saturated carbocycles. The first kappa shape index (κ1) is 13.0. The fourth-order valence-corrected chi connectivity index (χ4v) is 3.40. The van der Waals surface area contributed by atoms with E-state index in [2.05, 4.69) is 4.98 Å². The molecule has 0 amide bonds. The minimum atomic E-state index is -0.395. The molecule has 1 aliphatic heterocycles. The number of fused-ring (bicyclic) bond motifs is 1. The van der Waals surface area contributed by atoms with Crippen LogP contribution in [0.1, 0.15) is 19.3 Å². The van der Waals surface area contributed by atoms with Gasteiger partial charge in [0.2, 0.25) is 0 Å². The maximum absolute atomic E-state index is 11.4. The topological polar surface area (TPSA) is 76.3 Å². The second kappa shape index (κ2) is 5.16. The summed E-state index contributed by atoms with van der Waals surface area (Å²) >= 11 is 1.38. The number of aldehydes is 1. The Morgan fingerprint density at radius 3 is 3.05 bits per heavy atom. The number of anilines is 1. The van der Waals surface area contributed by atoms with Crippen LogP contribution in [-0.4, -0.2) is 28.8 Å². The number of rotatable bonds is 3. The number of piperidine rings is 1. The molecule has 2 heterocycles. The fourth-order valence-electron chi connectivity index (χ4n) is 2.72. The summed E-state index contributed by atoms with van der Waals surface area (Å²) in [5, 5.41) is 11.4. The first-order valence-electron chi connectivity index (χ1n) is 6.45. The molecule has 0 radical (unpaired) electrons. The van der Waals surface area contributed by atoms with Gasteiger partial charge < -0.3 is 9.69 Å². The fraction of sp³-hybridized carbons (Fsp3) is 0.385. The van der Waals surface area contributed by atoms with Crippen LogP contribution in [0.4, 0.5) is 11.4 Å². The highest BCUT2D eigenvalue weighted by atomic mass is 32.1. The Balaban J connectivity index is 2.16. The Bertz CT molecular complexity index is 670. The van der Waals surface area contributed by atoms with Crippen molar-refractivity contribution in [1.29, 1.82) is 0 Å². The van der Waals surface area contributed by atoms with Crippen LogP contribution >= 0.6 is 11.3 Å². The minimum absolute atomic E-state index is 0.0116. The first-order valence-corrected chi connectivity index (χ1v) is 7.33. The predicted molar refractivity (Wildman–Crippen MR) is 77.3 cm³/mol. The Hall–Kier alpha value is -2.02. The maximum atomic E-state index is 11.4. The molecule has 1 aliphatic rings. The van der Waals surface area contributed by atoms with Crippen molar-refractivity contribution in [2.75, 3.05) is 11.4 Å². The van der Waals surface area contributed by atoms with E-state index in [0.29, 0.717) is 17.7 Å². The van der Waals surface area contributed by atoms with E-state index in [0.717, 1.165) is 30.2 Å². The lowest BCUT2D eigenvalue weighted by Gasteiger charge is -2.33. The van der Waals surface area contributed by atoms with Crippen LogP contribution in [-0.2, 0) is 4.79 Å². The van der Waals surface area contributed by atoms with Crippen molar-refractivity contribution in [1.82, 2.24) is 4.98 Å². The second-order valence-corrected chi connectivity index (χ2v) is 5.67. The maximum Gasteiger partial charge on any atom is 0.319 e. The molecule has 1 aromatic heterocycles. The van der Waals surface area contributed by atoms with Crippen molar-refractivity contribution in [2.24, 2.45) is 0 Å². The molecule has 0 N–H and O–H groups in total. The quantitative estimate of drug-likeness (QED) is 0.493. The third-order valence-corrected chi connectivity index (χ3v) is 4.45. The van der Waals surface area contributed by atoms with Crippen LogP contribution < -0.4 is 4.90 Å². The average molecular weight is 291 g/mol. The summed E-state index contributed by atoms with van der Waals surface area (Å²) in [6.45, 7) is 0.667. The highest BCUT2D eigenvalue weighted by Crippen LogP contribution is 2.38. The zero-order valence-electron chi connectivity index (χ0n) is 10.7. The lowest BCUT2D eigenvalue weighted by molar-refractivity contribution is -0.382. The van der Waals surface area contributed by atoms with Gasteiger partial charge in [-0.15, -0.1) is 11.3 Å². The van der Waals surface area contributed by atoms with E-state index in [1.807, 2.05) is 11.0 Å². The van der Waals surface area contributed by atoms with Crippen molar-refractivity contribution in [3.8, 4) is 0 Å². The van der Waals surface area contributed by atoms with E-state index >= 15 is 0 Å². The summed E-state index contributed by atoms with van der Waals surface area (Å²) in [4.78, 5) is 28.2. The minimum Gasteiger partial charge on any atom is -0.356 e. The van der Waals surface area contributed by atoms with E-state index in [9.17, 15) is 14.9 Å². The van der Waals surface area contributed by atoms with E-state index in [1.54, 1.807) is 11.6 Å². The van der Waals surface area contributed by atoms with E-state index < -0.39 is 4.92 Å². The molecule has 104 valence electrons. The molecule has 0 aliphatic carbocycles. The molecule has 3 rings (SSSR count). The zero-order chi connectivity index (χ0) is 14.1. The molecule has 0 bridgehead atoms. The number of aromatic nitrogens is 1. The lowest BCUT2D eigenvalue weighted by atomic mass is 10.0. The number of thiazole rings is 1. The van der Waals surface area contributed by atoms with Gasteiger partial charge in [-0.3, -0.25) is 10.1 Å². The molecule has 1 atom stereocenters. The monoisotopic (exact) mass is 291 g/mol. The largest absolute Gasteiger partial charge is 0.356 e. The molecule has 20 heavy (non-hydrogen) atoms. The van der Waals surface area contributed by atoms with Crippen molar-refractivity contribution >= 4 is 39.2 Å². The summed E-state index contributed by atoms with van der Waals surface area (Å²) in [5.74, 6) is 0. The number of nitrogens with zero attached hydrogens (tertiary/aromatic N) is 3. The average Bonchev–Trinajstić information content (AvgIpc) is 2.94. The zero-order valence-corrected chi connectivity index (χ0v) is 11.5. The third kappa shape index (κ3) is 2.03. The van der Waals surface area contributed by atoms with Crippen molar-refractivity contribution in [3.63, 3.8) is 0 Å². The number of hydrogen-bond acceptors (Lipinski definition) is 6. The Morgan fingerprint density at radius 2 is 2.30 bits per heavy atom. The summed E-state index contributed by atoms with van der Waals surface area (Å²) in [7, 11) is 0. The van der Waals surface area contributed by atoms with Crippen molar-refractivity contribution in [2.45, 2.75) is 25.3 Å². The van der Waals surface area contributed by atoms with E-state index in [-0.39, 0.29) is 11.7 Å². The molecular weight excluding hydrogens is 278 g/mol. The van der Waals surface area contributed by atoms with Crippen LogP contribution in [0.3, 0.4) is 0 Å². The molecule has 0 spiro atoms. The van der Waals surface area contributed by atoms with Crippen LogP contribution in [0.5, 0.6) is 0 Å². The van der Waals surface area contributed by atoms with E-state index in [1.165, 1.54) is 11.3 Å². The number of carbonyl (C=O) groups excluding carboxylic acids is 1. The molecule has 1 fully saturated rings. The SMILES string of the molecule is O=CC1CCCCN1c1ccc2scnc2c1[N+](=O)[O-]. The van der Waals surface area contributed by atoms with Gasteiger partial charge in [0, 0.05) is 6.54 Å². The summed E-state index contributed by atoms with van der Waals surface area (Å²) < 4.78 is 0.792. The summed E-state index contributed by atoms with van der Waals surface area (Å²) in [6, 6.07) is 3.30. The van der Waals surface area contributed by atoms with Crippen LogP contribution in [0.25, 0.3) is 10.2 Å². The van der Waals surface area contributed by atoms with Gasteiger partial charge in [-0.25, -0.2) is 4.98 Å². The molecule has 2 aromatic rings. The van der Waals surface area contributed by atoms with Gasteiger partial charge in [-0.2, -0.15) is 0 Å². The molecule has 1 aromatic carbocycles. The Kier molecular flexibility index (Phi) is 3.35. The van der Waals surface area contributed by atoms with Gasteiger partial charge in [0.15, 0.2) is 5.52 Å². The predicted octanol–water partition coefficient (Wildman–Crippen LogP) is 2.76. The van der Waals surface area contributed by atoms with Gasteiger partial charge in [-0.1, -0.05) is 0 Å². The van der Waals surface area contributed by atoms with Crippen LogP contribution in [0.15, 0.2) is 17.6 Å². The molecule has 1 unspecified atom stereocenters. The van der Waals surface area contributed by atoms with Crippen LogP contribution in [0, 0.1) is 10.1 Å². The smallest absolute Gasteiger partial charge is 0.319 e. The van der Waals surface area contributed by atoms with Crippen molar-refractivity contribution in [3.05, 3.63) is 27.8 Å². The summed E-state index contributed by atoms with van der Waals surface area (Å²) in [5.41, 5.74) is 2.53. The van der Waals surface area contributed by atoms with Crippen LogP contribution in [0.2, 0.25) is 0 Å². The number of benzene rings is 1. The van der Waals surface area contributed by atoms with Gasteiger partial charge in [0.05, 0.1) is 21.2 Å². The van der Waals surface area contributed by atoms with Crippen molar-refractivity contribution < 1.29 is 9.72 Å². The highest BCUT2D eigenvalue weighted by molar-refractivity contribution is 7.16. The Labute approximate surface area is 119 Å². The number of nitro groups is 1. The Morgan fingerprint density at radius 1 is 1.45 bits per heavy atom. The van der Waals surface area contributed by atoms with Gasteiger partial charge in [-0.05, 0) is 31.4 Å². The molecule has 1 saturated heterocycles.